The first-order chi connectivity index (χ1) is 8.05. The number of carboxylic acids is 1. The zero-order valence-corrected chi connectivity index (χ0v) is 9.76. The van der Waals surface area contributed by atoms with Crippen LogP contribution in [0.4, 0.5) is 13.2 Å². The van der Waals surface area contributed by atoms with Gasteiger partial charge in [0.25, 0.3) is 0 Å². The molecule has 0 aliphatic heterocycles. The van der Waals surface area contributed by atoms with E-state index in [9.17, 15) is 26.4 Å². The molecule has 0 aliphatic rings. The summed E-state index contributed by atoms with van der Waals surface area (Å²) in [6, 6.07) is -1.45. The van der Waals surface area contributed by atoms with Gasteiger partial charge in [0, 0.05) is 6.20 Å². The summed E-state index contributed by atoms with van der Waals surface area (Å²) in [6.07, 6.45) is -3.75. The predicted molar refractivity (Wildman–Crippen MR) is 53.6 cm³/mol. The van der Waals surface area contributed by atoms with E-state index in [4.69, 9.17) is 5.11 Å². The molecule has 0 fully saturated rings. The van der Waals surface area contributed by atoms with Crippen molar-refractivity contribution in [2.75, 3.05) is 0 Å². The van der Waals surface area contributed by atoms with Crippen LogP contribution < -0.4 is 4.72 Å². The fourth-order valence-electron chi connectivity index (χ4n) is 1.11. The summed E-state index contributed by atoms with van der Waals surface area (Å²) in [7, 11) is -4.56. The zero-order valence-electron chi connectivity index (χ0n) is 8.95. The third-order valence-electron chi connectivity index (χ3n) is 2.04. The number of hydrogen-bond donors (Lipinski definition) is 3. The SMILES string of the molecule is C[C@@H](NS(=O)(=O)c1cc[nH]c1C(=O)O)C(F)(F)F. The number of halogens is 3. The molecular weight excluding hydrogens is 277 g/mol. The van der Waals surface area contributed by atoms with Gasteiger partial charge in [0.15, 0.2) is 0 Å². The van der Waals surface area contributed by atoms with Crippen LogP contribution in [0.2, 0.25) is 0 Å². The molecule has 3 N–H and O–H groups in total. The van der Waals surface area contributed by atoms with Crippen LogP contribution in [0, 0.1) is 0 Å². The maximum Gasteiger partial charge on any atom is 0.404 e. The molecule has 0 aliphatic carbocycles. The number of aromatic amines is 1. The number of sulfonamides is 1. The molecule has 0 saturated heterocycles. The van der Waals surface area contributed by atoms with Gasteiger partial charge in [0.05, 0.1) is 0 Å². The lowest BCUT2D eigenvalue weighted by Gasteiger charge is -2.16. The molecule has 6 nitrogen and oxygen atoms in total. The Hall–Kier alpha value is -1.55. The highest BCUT2D eigenvalue weighted by Gasteiger charge is 2.39. The van der Waals surface area contributed by atoms with Crippen molar-refractivity contribution >= 4 is 16.0 Å². The molecule has 18 heavy (non-hydrogen) atoms. The van der Waals surface area contributed by atoms with E-state index in [2.05, 4.69) is 4.98 Å². The zero-order chi connectivity index (χ0) is 14.1. The quantitative estimate of drug-likeness (QED) is 0.767. The highest BCUT2D eigenvalue weighted by atomic mass is 32.2. The van der Waals surface area contributed by atoms with E-state index in [0.717, 1.165) is 12.3 Å². The van der Waals surface area contributed by atoms with Crippen molar-refractivity contribution in [1.82, 2.24) is 9.71 Å². The van der Waals surface area contributed by atoms with E-state index >= 15 is 0 Å². The Bertz CT molecular complexity index is 549. The number of rotatable bonds is 4. The molecule has 0 amide bonds. The molecule has 10 heteroatoms. The van der Waals surface area contributed by atoms with E-state index in [1.165, 1.54) is 4.72 Å². The summed E-state index contributed by atoms with van der Waals surface area (Å²) >= 11 is 0. The number of aromatic nitrogens is 1. The van der Waals surface area contributed by atoms with Gasteiger partial charge >= 0.3 is 12.1 Å². The van der Waals surface area contributed by atoms with Gasteiger partial charge < -0.3 is 10.1 Å². The number of nitrogens with one attached hydrogen (secondary N) is 2. The van der Waals surface area contributed by atoms with Crippen LogP contribution in [0.15, 0.2) is 17.2 Å². The second-order valence-corrected chi connectivity index (χ2v) is 5.09. The molecule has 102 valence electrons. The summed E-state index contributed by atoms with van der Waals surface area (Å²) in [5.74, 6) is -1.58. The highest BCUT2D eigenvalue weighted by Crippen LogP contribution is 2.22. The lowest BCUT2D eigenvalue weighted by atomic mass is 10.4. The largest absolute Gasteiger partial charge is 0.477 e. The van der Waals surface area contributed by atoms with Crippen LogP contribution in [0.5, 0.6) is 0 Å². The summed E-state index contributed by atoms with van der Waals surface area (Å²) < 4.78 is 61.2. The lowest BCUT2D eigenvalue weighted by Crippen LogP contribution is -2.43. The first-order valence-electron chi connectivity index (χ1n) is 4.55. The lowest BCUT2D eigenvalue weighted by molar-refractivity contribution is -0.147. The number of carbonyl (C=O) groups is 1. The summed E-state index contributed by atoms with van der Waals surface area (Å²) in [6.45, 7) is 0.616. The Morgan fingerprint density at radius 2 is 2.06 bits per heavy atom. The van der Waals surface area contributed by atoms with Crippen LogP contribution in [-0.4, -0.2) is 36.7 Å². The second kappa shape index (κ2) is 4.61. The summed E-state index contributed by atoms with van der Waals surface area (Å²) in [5, 5.41) is 8.67. The minimum Gasteiger partial charge on any atom is -0.477 e. The van der Waals surface area contributed by atoms with Gasteiger partial charge in [-0.25, -0.2) is 13.2 Å². The van der Waals surface area contributed by atoms with Gasteiger partial charge in [-0.05, 0) is 13.0 Å². The van der Waals surface area contributed by atoms with Crippen LogP contribution >= 0.6 is 0 Å². The second-order valence-electron chi connectivity index (χ2n) is 3.41. The van der Waals surface area contributed by atoms with Crippen molar-refractivity contribution in [3.8, 4) is 0 Å². The Kier molecular flexibility index (Phi) is 3.72. The number of hydrogen-bond acceptors (Lipinski definition) is 3. The van der Waals surface area contributed by atoms with Crippen molar-refractivity contribution in [1.29, 1.82) is 0 Å². The number of H-pyrrole nitrogens is 1. The maximum absolute atomic E-state index is 12.2. The minimum atomic E-state index is -4.76. The predicted octanol–water partition coefficient (Wildman–Crippen LogP) is 0.942. The van der Waals surface area contributed by atoms with Crippen LogP contribution in [-0.2, 0) is 10.0 Å². The standard InChI is InChI=1S/C8H9F3N2O4S/c1-4(8(9,10)11)13-18(16,17)5-2-3-12-6(5)7(14)15/h2-4,12-13H,1H3,(H,14,15)/t4-/m1/s1. The van der Waals surface area contributed by atoms with Crippen molar-refractivity contribution in [2.45, 2.75) is 24.0 Å². The van der Waals surface area contributed by atoms with E-state index < -0.39 is 38.8 Å². The number of alkyl halides is 3. The molecule has 0 aromatic carbocycles. The molecule has 1 heterocycles. The summed E-state index contributed by atoms with van der Waals surface area (Å²) in [4.78, 5) is 12.0. The fourth-order valence-corrected chi connectivity index (χ4v) is 2.50. The van der Waals surface area contributed by atoms with Crippen molar-refractivity contribution < 1.29 is 31.5 Å². The molecule has 0 saturated carbocycles. The van der Waals surface area contributed by atoms with Gasteiger partial charge in [0.1, 0.15) is 16.6 Å². The Labute approximate surface area is 99.9 Å². The topological polar surface area (TPSA) is 99.3 Å². The maximum atomic E-state index is 12.2. The van der Waals surface area contributed by atoms with Crippen LogP contribution in [0.1, 0.15) is 17.4 Å². The van der Waals surface area contributed by atoms with Gasteiger partial charge in [-0.2, -0.15) is 17.9 Å². The molecule has 1 aromatic rings. The fraction of sp³-hybridized carbons (Fsp3) is 0.375. The average molecular weight is 286 g/mol. The Morgan fingerprint density at radius 3 is 2.50 bits per heavy atom. The van der Waals surface area contributed by atoms with Crippen molar-refractivity contribution in [2.24, 2.45) is 0 Å². The smallest absolute Gasteiger partial charge is 0.404 e. The Balaban J connectivity index is 3.08. The van der Waals surface area contributed by atoms with E-state index in [1.807, 2.05) is 0 Å². The van der Waals surface area contributed by atoms with E-state index in [0.29, 0.717) is 6.92 Å². The highest BCUT2D eigenvalue weighted by molar-refractivity contribution is 7.89. The van der Waals surface area contributed by atoms with E-state index in [-0.39, 0.29) is 0 Å². The van der Waals surface area contributed by atoms with Gasteiger partial charge in [-0.1, -0.05) is 0 Å². The molecule has 0 unspecified atom stereocenters. The van der Waals surface area contributed by atoms with Gasteiger partial charge in [-0.15, -0.1) is 0 Å². The summed E-state index contributed by atoms with van der Waals surface area (Å²) in [5.41, 5.74) is -0.697. The molecular formula is C8H9F3N2O4S. The first kappa shape index (κ1) is 14.5. The number of aromatic carboxylic acids is 1. The third-order valence-corrected chi connectivity index (χ3v) is 3.62. The molecule has 0 bridgehead atoms. The molecule has 0 spiro atoms. The Morgan fingerprint density at radius 1 is 1.50 bits per heavy atom. The van der Waals surface area contributed by atoms with Crippen molar-refractivity contribution in [3.05, 3.63) is 18.0 Å². The molecule has 1 aromatic heterocycles. The van der Waals surface area contributed by atoms with Crippen molar-refractivity contribution in [3.63, 3.8) is 0 Å². The molecule has 0 radical (unpaired) electrons. The minimum absolute atomic E-state index is 0.616. The average Bonchev–Trinajstić information content (AvgIpc) is 2.63. The van der Waals surface area contributed by atoms with E-state index in [1.54, 1.807) is 0 Å². The molecule has 1 atom stereocenters. The van der Waals surface area contributed by atoms with Crippen LogP contribution in [0.25, 0.3) is 0 Å². The number of carboxylic acid groups (broad SMARTS) is 1. The van der Waals surface area contributed by atoms with Gasteiger partial charge in [-0.3, -0.25) is 0 Å². The van der Waals surface area contributed by atoms with Crippen LogP contribution in [0.3, 0.4) is 0 Å². The molecule has 1 rings (SSSR count). The van der Waals surface area contributed by atoms with Gasteiger partial charge in [0.2, 0.25) is 10.0 Å². The third kappa shape index (κ3) is 3.01. The monoisotopic (exact) mass is 286 g/mol. The normalized spacial score (nSPS) is 14.4. The first-order valence-corrected chi connectivity index (χ1v) is 6.03.